The molecule has 0 radical (unpaired) electrons. The van der Waals surface area contributed by atoms with Crippen molar-refractivity contribution in [3.8, 4) is 0 Å². The SMILES string of the molecule is CN(CC(=O)OC(C)(C)C)c1ncnc(NCc2ccc(S(C)(=O)=O)cc2)c1[N+](=O)[O-]. The van der Waals surface area contributed by atoms with E-state index in [2.05, 4.69) is 15.3 Å². The number of aromatic nitrogens is 2. The molecule has 11 nitrogen and oxygen atoms in total. The average molecular weight is 452 g/mol. The van der Waals surface area contributed by atoms with Crippen LogP contribution in [0.4, 0.5) is 17.3 Å². The van der Waals surface area contributed by atoms with Crippen LogP contribution >= 0.6 is 0 Å². The maximum absolute atomic E-state index is 12.1. The molecule has 0 amide bonds. The summed E-state index contributed by atoms with van der Waals surface area (Å²) in [7, 11) is -1.82. The summed E-state index contributed by atoms with van der Waals surface area (Å²) < 4.78 is 28.4. The molecule has 0 aliphatic carbocycles. The van der Waals surface area contributed by atoms with E-state index >= 15 is 0 Å². The van der Waals surface area contributed by atoms with Crippen LogP contribution in [-0.2, 0) is 25.9 Å². The molecule has 1 aromatic heterocycles. The number of carbonyl (C=O) groups is 1. The summed E-state index contributed by atoms with van der Waals surface area (Å²) in [6, 6.07) is 6.12. The fourth-order valence-corrected chi connectivity index (χ4v) is 3.26. The van der Waals surface area contributed by atoms with E-state index in [-0.39, 0.29) is 35.3 Å². The molecule has 0 saturated heterocycles. The molecule has 0 spiro atoms. The Balaban J connectivity index is 2.21. The maximum Gasteiger partial charge on any atom is 0.353 e. The molecule has 0 saturated carbocycles. The number of nitro groups is 1. The van der Waals surface area contributed by atoms with Crippen molar-refractivity contribution in [2.24, 2.45) is 0 Å². The topological polar surface area (TPSA) is 145 Å². The number of anilines is 2. The zero-order chi connectivity index (χ0) is 23.4. The number of sulfone groups is 1. The van der Waals surface area contributed by atoms with E-state index in [0.717, 1.165) is 12.6 Å². The van der Waals surface area contributed by atoms with Crippen LogP contribution in [0.3, 0.4) is 0 Å². The Morgan fingerprint density at radius 1 is 1.23 bits per heavy atom. The number of ether oxygens (including phenoxy) is 1. The highest BCUT2D eigenvalue weighted by atomic mass is 32.2. The number of esters is 1. The van der Waals surface area contributed by atoms with Gasteiger partial charge in [0, 0.05) is 19.8 Å². The first-order chi connectivity index (χ1) is 14.3. The molecular weight excluding hydrogens is 426 g/mol. The number of nitrogens with zero attached hydrogens (tertiary/aromatic N) is 4. The predicted octanol–water partition coefficient (Wildman–Crippen LogP) is 2.18. The number of carbonyl (C=O) groups excluding carboxylic acids is 1. The van der Waals surface area contributed by atoms with Gasteiger partial charge in [0.1, 0.15) is 18.5 Å². The van der Waals surface area contributed by atoms with Crippen molar-refractivity contribution >= 4 is 33.1 Å². The minimum atomic E-state index is -3.32. The number of hydrogen-bond donors (Lipinski definition) is 1. The standard InChI is InChI=1S/C19H25N5O6S/c1-19(2,3)30-15(25)11-23(4)18-16(24(26)27)17(21-12-22-18)20-10-13-6-8-14(9-7-13)31(5,28)29/h6-9,12H,10-11H2,1-5H3,(H,20,21,22). The van der Waals surface area contributed by atoms with Gasteiger partial charge in [-0.1, -0.05) is 12.1 Å². The Hall–Kier alpha value is -3.28. The quantitative estimate of drug-likeness (QED) is 0.360. The zero-order valence-electron chi connectivity index (χ0n) is 17.9. The first-order valence-electron chi connectivity index (χ1n) is 9.23. The number of likely N-dealkylation sites (N-methyl/N-ethyl adjacent to an activating group) is 1. The van der Waals surface area contributed by atoms with Gasteiger partial charge in [0.2, 0.25) is 11.6 Å². The second-order valence-corrected chi connectivity index (χ2v) is 9.88. The zero-order valence-corrected chi connectivity index (χ0v) is 18.8. The second-order valence-electron chi connectivity index (χ2n) is 7.86. The van der Waals surface area contributed by atoms with Crippen LogP contribution in [0.5, 0.6) is 0 Å². The Bertz CT molecular complexity index is 1060. The van der Waals surface area contributed by atoms with Crippen LogP contribution in [0.1, 0.15) is 26.3 Å². The Morgan fingerprint density at radius 3 is 2.35 bits per heavy atom. The Morgan fingerprint density at radius 2 is 1.84 bits per heavy atom. The molecule has 0 aliphatic rings. The molecule has 2 aromatic rings. The molecular formula is C19H25N5O6S. The molecule has 31 heavy (non-hydrogen) atoms. The fourth-order valence-electron chi connectivity index (χ4n) is 2.63. The number of hydrogen-bond acceptors (Lipinski definition) is 10. The summed E-state index contributed by atoms with van der Waals surface area (Å²) in [6.45, 7) is 5.10. The van der Waals surface area contributed by atoms with Gasteiger partial charge >= 0.3 is 11.7 Å². The van der Waals surface area contributed by atoms with Gasteiger partial charge in [-0.2, -0.15) is 0 Å². The van der Waals surface area contributed by atoms with E-state index < -0.39 is 26.3 Å². The molecule has 2 rings (SSSR count). The van der Waals surface area contributed by atoms with E-state index in [1.54, 1.807) is 32.9 Å². The number of nitrogens with one attached hydrogen (secondary N) is 1. The lowest BCUT2D eigenvalue weighted by Crippen LogP contribution is -2.33. The number of rotatable bonds is 8. The summed E-state index contributed by atoms with van der Waals surface area (Å²) >= 11 is 0. The minimum absolute atomic E-state index is 0.0294. The molecule has 0 unspecified atom stereocenters. The largest absolute Gasteiger partial charge is 0.459 e. The van der Waals surface area contributed by atoms with Crippen LogP contribution < -0.4 is 10.2 Å². The van der Waals surface area contributed by atoms with E-state index in [0.29, 0.717) is 5.56 Å². The van der Waals surface area contributed by atoms with E-state index in [1.165, 1.54) is 24.1 Å². The van der Waals surface area contributed by atoms with Crippen molar-refractivity contribution in [1.29, 1.82) is 0 Å². The van der Waals surface area contributed by atoms with Crippen LogP contribution in [-0.4, -0.2) is 54.7 Å². The van der Waals surface area contributed by atoms with Gasteiger partial charge in [-0.05, 0) is 38.5 Å². The van der Waals surface area contributed by atoms with Crippen LogP contribution in [0.25, 0.3) is 0 Å². The van der Waals surface area contributed by atoms with Crippen molar-refractivity contribution in [2.75, 3.05) is 30.1 Å². The first kappa shape index (κ1) is 24.0. The van der Waals surface area contributed by atoms with Gasteiger partial charge in [-0.15, -0.1) is 0 Å². The van der Waals surface area contributed by atoms with Crippen LogP contribution in [0.15, 0.2) is 35.5 Å². The maximum atomic E-state index is 12.1. The lowest BCUT2D eigenvalue weighted by Gasteiger charge is -2.23. The van der Waals surface area contributed by atoms with Gasteiger partial charge in [0.25, 0.3) is 0 Å². The van der Waals surface area contributed by atoms with Crippen LogP contribution in [0, 0.1) is 10.1 Å². The minimum Gasteiger partial charge on any atom is -0.459 e. The lowest BCUT2D eigenvalue weighted by atomic mass is 10.2. The molecule has 168 valence electrons. The molecule has 0 bridgehead atoms. The normalized spacial score (nSPS) is 11.6. The van der Waals surface area contributed by atoms with E-state index in [4.69, 9.17) is 4.74 Å². The van der Waals surface area contributed by atoms with Gasteiger partial charge in [-0.25, -0.2) is 18.4 Å². The van der Waals surface area contributed by atoms with Crippen molar-refractivity contribution < 1.29 is 22.9 Å². The highest BCUT2D eigenvalue weighted by Crippen LogP contribution is 2.31. The van der Waals surface area contributed by atoms with Crippen molar-refractivity contribution in [3.05, 3.63) is 46.3 Å². The molecule has 0 aliphatic heterocycles. The summed E-state index contributed by atoms with van der Waals surface area (Å²) in [6.07, 6.45) is 2.27. The highest BCUT2D eigenvalue weighted by Gasteiger charge is 2.27. The monoisotopic (exact) mass is 451 g/mol. The van der Waals surface area contributed by atoms with Crippen molar-refractivity contribution in [2.45, 2.75) is 37.8 Å². The molecule has 12 heteroatoms. The predicted molar refractivity (Wildman–Crippen MR) is 115 cm³/mol. The Kier molecular flexibility index (Phi) is 7.16. The lowest BCUT2D eigenvalue weighted by molar-refractivity contribution is -0.383. The fraction of sp³-hybridized carbons (Fsp3) is 0.421. The van der Waals surface area contributed by atoms with Gasteiger partial charge < -0.3 is 15.0 Å². The molecule has 1 aromatic carbocycles. The molecule has 0 fully saturated rings. The second kappa shape index (κ2) is 9.25. The summed E-state index contributed by atoms with van der Waals surface area (Å²) in [5.41, 5.74) is -0.375. The highest BCUT2D eigenvalue weighted by molar-refractivity contribution is 7.90. The third-order valence-electron chi connectivity index (χ3n) is 3.94. The van der Waals surface area contributed by atoms with Crippen LogP contribution in [0.2, 0.25) is 0 Å². The van der Waals surface area contributed by atoms with E-state index in [1.807, 2.05) is 0 Å². The molecule has 0 atom stereocenters. The molecule has 1 heterocycles. The first-order valence-corrected chi connectivity index (χ1v) is 11.1. The third kappa shape index (κ3) is 6.88. The average Bonchev–Trinajstić information content (AvgIpc) is 2.63. The van der Waals surface area contributed by atoms with Crippen molar-refractivity contribution in [1.82, 2.24) is 9.97 Å². The number of benzene rings is 1. The van der Waals surface area contributed by atoms with Gasteiger partial charge in [-0.3, -0.25) is 14.9 Å². The smallest absolute Gasteiger partial charge is 0.353 e. The Labute approximate surface area is 180 Å². The molecule has 1 N–H and O–H groups in total. The van der Waals surface area contributed by atoms with Gasteiger partial charge in [0.05, 0.1) is 9.82 Å². The summed E-state index contributed by atoms with van der Waals surface area (Å²) in [5, 5.41) is 14.6. The van der Waals surface area contributed by atoms with Gasteiger partial charge in [0.15, 0.2) is 9.84 Å². The van der Waals surface area contributed by atoms with Crippen molar-refractivity contribution in [3.63, 3.8) is 0 Å². The third-order valence-corrected chi connectivity index (χ3v) is 5.07. The summed E-state index contributed by atoms with van der Waals surface area (Å²) in [4.78, 5) is 32.6. The van der Waals surface area contributed by atoms with E-state index in [9.17, 15) is 23.3 Å². The summed E-state index contributed by atoms with van der Waals surface area (Å²) in [5.74, 6) is -0.623.